The Morgan fingerprint density at radius 1 is 1.44 bits per heavy atom. The molecule has 1 rings (SSSR count). The molecule has 3 nitrogen and oxygen atoms in total. The highest BCUT2D eigenvalue weighted by Gasteiger charge is 2.02. The van der Waals surface area contributed by atoms with Gasteiger partial charge in [-0.05, 0) is 50.1 Å². The van der Waals surface area contributed by atoms with Crippen LogP contribution >= 0.6 is 0 Å². The molecule has 18 heavy (non-hydrogen) atoms. The molecule has 0 aliphatic carbocycles. The van der Waals surface area contributed by atoms with Crippen LogP contribution in [0.15, 0.2) is 18.2 Å². The van der Waals surface area contributed by atoms with Crippen LogP contribution < -0.4 is 5.32 Å². The van der Waals surface area contributed by atoms with Gasteiger partial charge in [-0.3, -0.25) is 4.79 Å². The van der Waals surface area contributed by atoms with Crippen LogP contribution in [0.4, 0.5) is 4.39 Å². The third kappa shape index (κ3) is 5.27. The third-order valence-corrected chi connectivity index (χ3v) is 2.66. The van der Waals surface area contributed by atoms with Gasteiger partial charge in [0.15, 0.2) is 0 Å². The summed E-state index contributed by atoms with van der Waals surface area (Å²) in [5, 5.41) is 3.23. The average molecular weight is 253 g/mol. The summed E-state index contributed by atoms with van der Waals surface area (Å²) in [4.78, 5) is 11.1. The highest BCUT2D eigenvalue weighted by Crippen LogP contribution is 2.09. The molecule has 1 N–H and O–H groups in total. The first-order valence-electron chi connectivity index (χ1n) is 6.25. The number of rotatable bonds is 7. The molecule has 0 aliphatic heterocycles. The van der Waals surface area contributed by atoms with E-state index in [0.29, 0.717) is 19.6 Å². The van der Waals surface area contributed by atoms with Crippen molar-refractivity contribution >= 4 is 5.97 Å². The topological polar surface area (TPSA) is 38.3 Å². The van der Waals surface area contributed by atoms with Crippen molar-refractivity contribution in [2.45, 2.75) is 33.2 Å². The Kier molecular flexibility index (Phi) is 6.36. The molecule has 1 aromatic rings. The van der Waals surface area contributed by atoms with Gasteiger partial charge in [0.05, 0.1) is 6.61 Å². The predicted molar refractivity (Wildman–Crippen MR) is 68.7 cm³/mol. The van der Waals surface area contributed by atoms with Gasteiger partial charge < -0.3 is 10.1 Å². The summed E-state index contributed by atoms with van der Waals surface area (Å²) in [6.07, 6.45) is 1.18. The summed E-state index contributed by atoms with van der Waals surface area (Å²) in [6, 6.07) is 4.77. The van der Waals surface area contributed by atoms with Crippen LogP contribution in [0.3, 0.4) is 0 Å². The van der Waals surface area contributed by atoms with Crippen LogP contribution in [-0.4, -0.2) is 19.1 Å². The molecule has 0 bridgehead atoms. The number of halogens is 1. The van der Waals surface area contributed by atoms with E-state index >= 15 is 0 Å². The fraction of sp³-hybridized carbons (Fsp3) is 0.500. The van der Waals surface area contributed by atoms with Crippen molar-refractivity contribution < 1.29 is 13.9 Å². The van der Waals surface area contributed by atoms with Gasteiger partial charge in [-0.15, -0.1) is 0 Å². The molecule has 100 valence electrons. The lowest BCUT2D eigenvalue weighted by atomic mass is 10.1. The Hall–Kier alpha value is -1.42. The van der Waals surface area contributed by atoms with Crippen molar-refractivity contribution in [3.05, 3.63) is 35.1 Å². The van der Waals surface area contributed by atoms with Gasteiger partial charge in [0.1, 0.15) is 5.82 Å². The summed E-state index contributed by atoms with van der Waals surface area (Å²) in [5.41, 5.74) is 2.01. The van der Waals surface area contributed by atoms with E-state index in [2.05, 4.69) is 5.32 Å². The number of carbonyl (C=O) groups is 1. The lowest BCUT2D eigenvalue weighted by Crippen LogP contribution is -2.17. The molecule has 0 saturated heterocycles. The fourth-order valence-electron chi connectivity index (χ4n) is 1.67. The molecule has 0 amide bonds. The minimum absolute atomic E-state index is 0.155. The molecule has 0 aromatic heterocycles. The summed E-state index contributed by atoms with van der Waals surface area (Å²) in [6.45, 7) is 5.55. The van der Waals surface area contributed by atoms with E-state index in [1.807, 2.05) is 6.92 Å². The molecule has 0 fully saturated rings. The number of aryl methyl sites for hydroxylation is 1. The van der Waals surface area contributed by atoms with Crippen molar-refractivity contribution in [2.75, 3.05) is 13.2 Å². The minimum atomic E-state index is -0.210. The summed E-state index contributed by atoms with van der Waals surface area (Å²) >= 11 is 0. The molecular weight excluding hydrogens is 233 g/mol. The molecule has 0 heterocycles. The first-order valence-corrected chi connectivity index (χ1v) is 6.25. The van der Waals surface area contributed by atoms with Gasteiger partial charge in [-0.2, -0.15) is 0 Å². The second kappa shape index (κ2) is 7.82. The number of hydrogen-bond donors (Lipinski definition) is 1. The zero-order valence-electron chi connectivity index (χ0n) is 11.0. The van der Waals surface area contributed by atoms with E-state index in [1.165, 1.54) is 12.1 Å². The summed E-state index contributed by atoms with van der Waals surface area (Å²) in [7, 11) is 0. The number of ether oxygens (including phenoxy) is 1. The SMILES string of the molecule is CCOC(=O)CCCNCc1ccc(F)cc1C. The second-order valence-electron chi connectivity index (χ2n) is 4.16. The Labute approximate surface area is 107 Å². The van der Waals surface area contributed by atoms with Gasteiger partial charge >= 0.3 is 5.97 Å². The highest BCUT2D eigenvalue weighted by atomic mass is 19.1. The average Bonchev–Trinajstić information content (AvgIpc) is 2.31. The first kappa shape index (κ1) is 14.6. The van der Waals surface area contributed by atoms with Crippen molar-refractivity contribution in [3.8, 4) is 0 Å². The summed E-state index contributed by atoms with van der Waals surface area (Å²) in [5.74, 6) is -0.365. The number of benzene rings is 1. The maximum Gasteiger partial charge on any atom is 0.305 e. The molecule has 0 radical (unpaired) electrons. The predicted octanol–water partition coefficient (Wildman–Crippen LogP) is 2.57. The number of nitrogens with one attached hydrogen (secondary N) is 1. The Balaban J connectivity index is 2.20. The van der Waals surface area contributed by atoms with E-state index in [4.69, 9.17) is 4.74 Å². The van der Waals surface area contributed by atoms with Crippen LogP contribution in [-0.2, 0) is 16.1 Å². The van der Waals surface area contributed by atoms with Crippen molar-refractivity contribution in [3.63, 3.8) is 0 Å². The largest absolute Gasteiger partial charge is 0.466 e. The van der Waals surface area contributed by atoms with Crippen LogP contribution in [0.1, 0.15) is 30.9 Å². The Bertz CT molecular complexity index is 393. The first-order chi connectivity index (χ1) is 8.63. The quantitative estimate of drug-likeness (QED) is 0.599. The fourth-order valence-corrected chi connectivity index (χ4v) is 1.67. The van der Waals surface area contributed by atoms with E-state index in [9.17, 15) is 9.18 Å². The molecule has 0 atom stereocenters. The van der Waals surface area contributed by atoms with Gasteiger partial charge in [0, 0.05) is 13.0 Å². The molecule has 0 spiro atoms. The zero-order valence-corrected chi connectivity index (χ0v) is 11.0. The maximum absolute atomic E-state index is 12.9. The third-order valence-electron chi connectivity index (χ3n) is 2.66. The van der Waals surface area contributed by atoms with Crippen LogP contribution in [0, 0.1) is 12.7 Å². The molecule has 0 unspecified atom stereocenters. The van der Waals surface area contributed by atoms with Crippen LogP contribution in [0.25, 0.3) is 0 Å². The van der Waals surface area contributed by atoms with Crippen molar-refractivity contribution in [2.24, 2.45) is 0 Å². The number of esters is 1. The van der Waals surface area contributed by atoms with Gasteiger partial charge in [-0.1, -0.05) is 6.07 Å². The number of carbonyl (C=O) groups excluding carboxylic acids is 1. The molecule has 0 saturated carbocycles. The maximum atomic E-state index is 12.9. The standard InChI is InChI=1S/C14H20FNO2/c1-3-18-14(17)5-4-8-16-10-12-6-7-13(15)9-11(12)2/h6-7,9,16H,3-5,8,10H2,1-2H3. The molecular formula is C14H20FNO2. The van der Waals surface area contributed by atoms with Crippen LogP contribution in [0.5, 0.6) is 0 Å². The van der Waals surface area contributed by atoms with E-state index in [-0.39, 0.29) is 11.8 Å². The normalized spacial score (nSPS) is 10.4. The highest BCUT2D eigenvalue weighted by molar-refractivity contribution is 5.69. The van der Waals surface area contributed by atoms with E-state index < -0.39 is 0 Å². The van der Waals surface area contributed by atoms with Gasteiger partial charge in [0.25, 0.3) is 0 Å². The monoisotopic (exact) mass is 253 g/mol. The second-order valence-corrected chi connectivity index (χ2v) is 4.16. The summed E-state index contributed by atoms with van der Waals surface area (Å²) < 4.78 is 17.7. The Morgan fingerprint density at radius 3 is 2.89 bits per heavy atom. The Morgan fingerprint density at radius 2 is 2.22 bits per heavy atom. The smallest absolute Gasteiger partial charge is 0.305 e. The van der Waals surface area contributed by atoms with E-state index in [1.54, 1.807) is 13.0 Å². The van der Waals surface area contributed by atoms with E-state index in [0.717, 1.165) is 24.1 Å². The van der Waals surface area contributed by atoms with Crippen molar-refractivity contribution in [1.29, 1.82) is 0 Å². The number of hydrogen-bond acceptors (Lipinski definition) is 3. The lowest BCUT2D eigenvalue weighted by Gasteiger charge is -2.07. The molecule has 1 aromatic carbocycles. The van der Waals surface area contributed by atoms with Gasteiger partial charge in [0.2, 0.25) is 0 Å². The lowest BCUT2D eigenvalue weighted by molar-refractivity contribution is -0.143. The molecule has 4 heteroatoms. The van der Waals surface area contributed by atoms with Crippen LogP contribution in [0.2, 0.25) is 0 Å². The minimum Gasteiger partial charge on any atom is -0.466 e. The van der Waals surface area contributed by atoms with Gasteiger partial charge in [-0.25, -0.2) is 4.39 Å². The zero-order chi connectivity index (χ0) is 13.4. The molecule has 0 aliphatic rings. The van der Waals surface area contributed by atoms with Crippen molar-refractivity contribution in [1.82, 2.24) is 5.32 Å².